The molecule has 0 bridgehead atoms. The summed E-state index contributed by atoms with van der Waals surface area (Å²) in [6.07, 6.45) is 5.64. The maximum absolute atomic E-state index is 6.18. The molecule has 1 unspecified atom stereocenters. The van der Waals surface area contributed by atoms with E-state index in [4.69, 9.17) is 20.9 Å². The van der Waals surface area contributed by atoms with Crippen LogP contribution in [0.4, 0.5) is 6.01 Å². The number of pyridine rings is 1. The number of anilines is 1. The predicted molar refractivity (Wildman–Crippen MR) is 123 cm³/mol. The van der Waals surface area contributed by atoms with E-state index in [1.807, 2.05) is 12.3 Å². The van der Waals surface area contributed by atoms with Gasteiger partial charge in [-0.1, -0.05) is 30.6 Å². The quantitative estimate of drug-likeness (QED) is 0.372. The Morgan fingerprint density at radius 1 is 1.19 bits per heavy atom. The van der Waals surface area contributed by atoms with Crippen molar-refractivity contribution in [3.63, 3.8) is 0 Å². The average Bonchev–Trinajstić information content (AvgIpc) is 3.49. The summed E-state index contributed by atoms with van der Waals surface area (Å²) in [6.45, 7) is 7.98. The molecule has 0 N–H and O–H groups in total. The Hall–Kier alpha value is -2.72. The fourth-order valence-corrected chi connectivity index (χ4v) is 4.73. The summed E-state index contributed by atoms with van der Waals surface area (Å²) >= 11 is 7.30. The van der Waals surface area contributed by atoms with Gasteiger partial charge >= 0.3 is 6.01 Å². The highest BCUT2D eigenvalue weighted by Crippen LogP contribution is 2.30. The predicted octanol–water partition coefficient (Wildman–Crippen LogP) is 4.70. The molecule has 9 nitrogen and oxygen atoms in total. The molecular formula is C21H24ClN7O2S. The number of nitrogens with zero attached hydrogens (tertiary/aromatic N) is 7. The lowest BCUT2D eigenvalue weighted by molar-refractivity contribution is 0.130. The third-order valence-electron chi connectivity index (χ3n) is 5.76. The van der Waals surface area contributed by atoms with Crippen LogP contribution >= 0.6 is 22.9 Å². The van der Waals surface area contributed by atoms with Crippen LogP contribution in [0.1, 0.15) is 45.4 Å². The normalized spacial score (nSPS) is 16.2. The Labute approximate surface area is 194 Å². The van der Waals surface area contributed by atoms with Gasteiger partial charge in [-0.15, -0.1) is 5.10 Å². The third-order valence-corrected chi connectivity index (χ3v) is 6.79. The molecular weight excluding hydrogens is 450 g/mol. The summed E-state index contributed by atoms with van der Waals surface area (Å²) in [5, 5.41) is 9.71. The summed E-state index contributed by atoms with van der Waals surface area (Å²) < 4.78 is 13.4. The molecule has 32 heavy (non-hydrogen) atoms. The molecule has 1 aliphatic heterocycles. The molecule has 0 spiro atoms. The van der Waals surface area contributed by atoms with Crippen LogP contribution in [0.2, 0.25) is 5.15 Å². The van der Waals surface area contributed by atoms with E-state index in [1.165, 1.54) is 11.3 Å². The van der Waals surface area contributed by atoms with Crippen LogP contribution in [0.15, 0.2) is 29.0 Å². The van der Waals surface area contributed by atoms with Gasteiger partial charge in [0.25, 0.3) is 5.19 Å². The first-order valence-electron chi connectivity index (χ1n) is 10.7. The molecule has 11 heteroatoms. The molecule has 1 saturated heterocycles. The second kappa shape index (κ2) is 8.67. The summed E-state index contributed by atoms with van der Waals surface area (Å²) in [4.78, 5) is 16.2. The van der Waals surface area contributed by atoms with Crippen LogP contribution in [-0.2, 0) is 0 Å². The summed E-state index contributed by atoms with van der Waals surface area (Å²) in [5.41, 5.74) is 1.71. The van der Waals surface area contributed by atoms with Crippen molar-refractivity contribution >= 4 is 33.9 Å². The minimum Gasteiger partial charge on any atom is -0.466 e. The number of ether oxygens (including phenoxy) is 1. The van der Waals surface area contributed by atoms with Gasteiger partial charge in [0.2, 0.25) is 4.96 Å². The van der Waals surface area contributed by atoms with Gasteiger partial charge in [0.05, 0.1) is 11.9 Å². The molecule has 1 atom stereocenters. The van der Waals surface area contributed by atoms with Gasteiger partial charge in [-0.3, -0.25) is 0 Å². The number of halogens is 1. The monoisotopic (exact) mass is 473 g/mol. The number of imidazole rings is 1. The van der Waals surface area contributed by atoms with Crippen molar-refractivity contribution in [3.05, 3.63) is 35.5 Å². The molecule has 0 radical (unpaired) electrons. The number of hydrogen-bond acceptors (Lipinski definition) is 9. The first kappa shape index (κ1) is 21.1. The SMILES string of the molecule is CC(C)c1noc(N2CCC(C(C)Oc3nn4cc(-c5ccc(Cl)nc5)nc4s3)CC2)n1. The number of rotatable bonds is 6. The molecule has 4 aromatic rings. The summed E-state index contributed by atoms with van der Waals surface area (Å²) in [6, 6.07) is 4.26. The molecule has 168 valence electrons. The Kier molecular flexibility index (Phi) is 5.73. The van der Waals surface area contributed by atoms with Crippen molar-refractivity contribution in [1.29, 1.82) is 0 Å². The fourth-order valence-electron chi connectivity index (χ4n) is 3.80. The Bertz CT molecular complexity index is 1160. The lowest BCUT2D eigenvalue weighted by atomic mass is 9.92. The minimum atomic E-state index is 0.0573. The van der Waals surface area contributed by atoms with Crippen molar-refractivity contribution in [2.75, 3.05) is 18.0 Å². The number of hydrogen-bond donors (Lipinski definition) is 0. The van der Waals surface area contributed by atoms with Crippen molar-refractivity contribution < 1.29 is 9.26 Å². The lowest BCUT2D eigenvalue weighted by Gasteiger charge is -2.33. The smallest absolute Gasteiger partial charge is 0.324 e. The van der Waals surface area contributed by atoms with Gasteiger partial charge in [-0.2, -0.15) is 4.98 Å². The second-order valence-corrected chi connectivity index (χ2v) is 9.63. The van der Waals surface area contributed by atoms with Gasteiger partial charge in [0, 0.05) is 30.8 Å². The number of aromatic nitrogens is 6. The van der Waals surface area contributed by atoms with E-state index in [0.717, 1.165) is 48.0 Å². The third kappa shape index (κ3) is 4.29. The molecule has 5 rings (SSSR count). The maximum Gasteiger partial charge on any atom is 0.324 e. The minimum absolute atomic E-state index is 0.0573. The highest BCUT2D eigenvalue weighted by atomic mass is 35.5. The molecule has 0 aromatic carbocycles. The molecule has 1 aliphatic rings. The van der Waals surface area contributed by atoms with Crippen LogP contribution < -0.4 is 9.64 Å². The molecule has 5 heterocycles. The number of fused-ring (bicyclic) bond motifs is 1. The van der Waals surface area contributed by atoms with E-state index in [9.17, 15) is 0 Å². The summed E-state index contributed by atoms with van der Waals surface area (Å²) in [5.74, 6) is 1.45. The Morgan fingerprint density at radius 3 is 2.66 bits per heavy atom. The molecule has 0 saturated carbocycles. The van der Waals surface area contributed by atoms with Crippen LogP contribution in [0.3, 0.4) is 0 Å². The first-order chi connectivity index (χ1) is 15.5. The fraction of sp³-hybridized carbons (Fsp3) is 0.476. The highest BCUT2D eigenvalue weighted by Gasteiger charge is 2.28. The second-order valence-electron chi connectivity index (χ2n) is 8.33. The van der Waals surface area contributed by atoms with E-state index in [1.54, 1.807) is 16.8 Å². The average molecular weight is 474 g/mol. The summed E-state index contributed by atoms with van der Waals surface area (Å²) in [7, 11) is 0. The van der Waals surface area contributed by atoms with Crippen LogP contribution in [0.5, 0.6) is 5.19 Å². The van der Waals surface area contributed by atoms with E-state index in [2.05, 4.69) is 50.9 Å². The Balaban J connectivity index is 1.19. The van der Waals surface area contributed by atoms with E-state index in [-0.39, 0.29) is 12.0 Å². The largest absolute Gasteiger partial charge is 0.466 e. The zero-order chi connectivity index (χ0) is 22.2. The number of piperidine rings is 1. The highest BCUT2D eigenvalue weighted by molar-refractivity contribution is 7.18. The maximum atomic E-state index is 6.18. The van der Waals surface area contributed by atoms with E-state index >= 15 is 0 Å². The van der Waals surface area contributed by atoms with Crippen molar-refractivity contribution in [3.8, 4) is 16.5 Å². The standard InChI is InChI=1S/C21H24ClN7O2S/c1-12(2)18-25-19(31-27-18)28-8-6-14(7-9-28)13(3)30-21-26-29-11-16(24-20(29)32-21)15-4-5-17(22)23-10-15/h4-5,10-14H,6-9H2,1-3H3. The topological polar surface area (TPSA) is 94.5 Å². The van der Waals surface area contributed by atoms with Crippen LogP contribution in [0.25, 0.3) is 16.2 Å². The van der Waals surface area contributed by atoms with Crippen molar-refractivity contribution in [1.82, 2.24) is 29.7 Å². The zero-order valence-electron chi connectivity index (χ0n) is 18.1. The lowest BCUT2D eigenvalue weighted by Crippen LogP contribution is -2.38. The van der Waals surface area contributed by atoms with Gasteiger partial charge in [0.1, 0.15) is 11.3 Å². The zero-order valence-corrected chi connectivity index (χ0v) is 19.7. The van der Waals surface area contributed by atoms with Crippen molar-refractivity contribution in [2.45, 2.75) is 45.6 Å². The Morgan fingerprint density at radius 2 is 2.00 bits per heavy atom. The van der Waals surface area contributed by atoms with Gasteiger partial charge in [0.15, 0.2) is 5.82 Å². The van der Waals surface area contributed by atoms with E-state index < -0.39 is 0 Å². The van der Waals surface area contributed by atoms with Crippen LogP contribution in [0, 0.1) is 5.92 Å². The van der Waals surface area contributed by atoms with E-state index in [0.29, 0.717) is 22.3 Å². The molecule has 1 fully saturated rings. The van der Waals surface area contributed by atoms with Crippen LogP contribution in [-0.4, -0.2) is 48.9 Å². The van der Waals surface area contributed by atoms with Gasteiger partial charge < -0.3 is 14.2 Å². The van der Waals surface area contributed by atoms with Gasteiger partial charge in [-0.25, -0.2) is 14.5 Å². The van der Waals surface area contributed by atoms with Crippen molar-refractivity contribution in [2.24, 2.45) is 5.92 Å². The molecule has 0 amide bonds. The molecule has 0 aliphatic carbocycles. The first-order valence-corrected chi connectivity index (χ1v) is 11.9. The van der Waals surface area contributed by atoms with Gasteiger partial charge in [-0.05, 0) is 49.2 Å². The molecule has 4 aromatic heterocycles.